The van der Waals surface area contributed by atoms with Crippen LogP contribution in [0, 0.1) is 11.3 Å². The van der Waals surface area contributed by atoms with E-state index in [0.717, 1.165) is 11.8 Å². The Morgan fingerprint density at radius 3 is 3.07 bits per heavy atom. The van der Waals surface area contributed by atoms with Crippen LogP contribution in [0.5, 0.6) is 0 Å². The van der Waals surface area contributed by atoms with Crippen molar-refractivity contribution in [3.05, 3.63) is 18.0 Å². The molecule has 0 aliphatic carbocycles. The summed E-state index contributed by atoms with van der Waals surface area (Å²) in [4.78, 5) is 18.2. The van der Waals surface area contributed by atoms with Crippen LogP contribution in [0.1, 0.15) is 12.6 Å². The maximum Gasteiger partial charge on any atom is 0.316 e. The largest absolute Gasteiger partial charge is 0.480 e. The van der Waals surface area contributed by atoms with Gasteiger partial charge in [0, 0.05) is 6.20 Å². The molecule has 1 unspecified atom stereocenters. The molecule has 0 spiro atoms. The molecule has 1 aromatic rings. The lowest BCUT2D eigenvalue weighted by Gasteiger charge is -2.03. The van der Waals surface area contributed by atoms with Crippen LogP contribution in [0.2, 0.25) is 0 Å². The van der Waals surface area contributed by atoms with Crippen LogP contribution in [-0.4, -0.2) is 26.3 Å². The maximum atomic E-state index is 10.5. The maximum absolute atomic E-state index is 10.5. The van der Waals surface area contributed by atoms with Gasteiger partial charge in [0.25, 0.3) is 0 Å². The van der Waals surface area contributed by atoms with Gasteiger partial charge in [-0.15, -0.1) is 0 Å². The van der Waals surface area contributed by atoms with Gasteiger partial charge in [0.15, 0.2) is 5.16 Å². The summed E-state index contributed by atoms with van der Waals surface area (Å²) >= 11 is 1.01. The molecule has 1 rings (SSSR count). The molecule has 0 saturated carbocycles. The van der Waals surface area contributed by atoms with E-state index in [1.54, 1.807) is 0 Å². The zero-order valence-corrected chi connectivity index (χ0v) is 8.15. The lowest BCUT2D eigenvalue weighted by Crippen LogP contribution is -2.12. The quantitative estimate of drug-likeness (QED) is 0.588. The minimum atomic E-state index is -0.930. The molecular formula is C8H7N3O2S. The Labute approximate surface area is 84.8 Å². The molecule has 0 aromatic carbocycles. The van der Waals surface area contributed by atoms with E-state index in [4.69, 9.17) is 10.4 Å². The van der Waals surface area contributed by atoms with Crippen LogP contribution in [0.3, 0.4) is 0 Å². The molecule has 0 saturated heterocycles. The average molecular weight is 209 g/mol. The summed E-state index contributed by atoms with van der Waals surface area (Å²) in [5.41, 5.74) is 0.236. The zero-order chi connectivity index (χ0) is 10.6. The molecule has 72 valence electrons. The van der Waals surface area contributed by atoms with Gasteiger partial charge < -0.3 is 5.11 Å². The fourth-order valence-electron chi connectivity index (χ4n) is 0.668. The first kappa shape index (κ1) is 10.5. The fourth-order valence-corrected chi connectivity index (χ4v) is 1.36. The van der Waals surface area contributed by atoms with E-state index in [1.165, 1.54) is 19.2 Å². The van der Waals surface area contributed by atoms with Crippen LogP contribution >= 0.6 is 11.8 Å². The molecule has 0 aliphatic rings. The third-order valence-corrected chi connectivity index (χ3v) is 2.34. The lowest BCUT2D eigenvalue weighted by molar-refractivity contribution is -0.136. The minimum absolute atomic E-state index is 0.236. The van der Waals surface area contributed by atoms with Crippen molar-refractivity contribution in [1.29, 1.82) is 5.26 Å². The van der Waals surface area contributed by atoms with Gasteiger partial charge in [-0.25, -0.2) is 9.97 Å². The number of carboxylic acids is 1. The molecule has 6 heteroatoms. The van der Waals surface area contributed by atoms with E-state index < -0.39 is 11.2 Å². The monoisotopic (exact) mass is 209 g/mol. The summed E-state index contributed by atoms with van der Waals surface area (Å²) in [6, 6.07) is 3.33. The van der Waals surface area contributed by atoms with Gasteiger partial charge in [0.2, 0.25) is 0 Å². The van der Waals surface area contributed by atoms with Crippen molar-refractivity contribution in [2.45, 2.75) is 17.3 Å². The first-order chi connectivity index (χ1) is 6.63. The Bertz CT molecular complexity index is 388. The molecule has 1 aromatic heterocycles. The summed E-state index contributed by atoms with van der Waals surface area (Å²) in [5, 5.41) is 16.9. The molecule has 1 atom stereocenters. The number of rotatable bonds is 3. The van der Waals surface area contributed by atoms with Gasteiger partial charge in [-0.05, 0) is 13.0 Å². The molecule has 0 fully saturated rings. The smallest absolute Gasteiger partial charge is 0.316 e. The predicted molar refractivity (Wildman–Crippen MR) is 49.7 cm³/mol. The summed E-state index contributed by atoms with van der Waals surface area (Å²) in [7, 11) is 0. The van der Waals surface area contributed by atoms with E-state index in [9.17, 15) is 4.79 Å². The molecule has 1 N–H and O–H groups in total. The van der Waals surface area contributed by atoms with Crippen molar-refractivity contribution in [3.8, 4) is 6.07 Å². The number of aromatic nitrogens is 2. The summed E-state index contributed by atoms with van der Waals surface area (Å²) in [6.45, 7) is 1.54. The highest BCUT2D eigenvalue weighted by Crippen LogP contribution is 2.18. The van der Waals surface area contributed by atoms with E-state index >= 15 is 0 Å². The number of carbonyl (C=O) groups is 1. The number of aliphatic carboxylic acids is 1. The van der Waals surface area contributed by atoms with Crippen molar-refractivity contribution in [2.75, 3.05) is 0 Å². The van der Waals surface area contributed by atoms with Gasteiger partial charge in [-0.3, -0.25) is 4.79 Å². The highest BCUT2D eigenvalue weighted by atomic mass is 32.2. The standard InChI is InChI=1S/C8H7N3O2S/c1-5(7(12)13)14-8-10-3-2-6(4-9)11-8/h2-3,5H,1H3,(H,12,13). The Kier molecular flexibility index (Phi) is 3.42. The SMILES string of the molecule is CC(Sc1nccc(C#N)n1)C(=O)O. The highest BCUT2D eigenvalue weighted by Gasteiger charge is 2.14. The van der Waals surface area contributed by atoms with E-state index in [0.29, 0.717) is 5.16 Å². The van der Waals surface area contributed by atoms with Crippen LogP contribution in [-0.2, 0) is 4.79 Å². The van der Waals surface area contributed by atoms with Crippen molar-refractivity contribution < 1.29 is 9.90 Å². The normalized spacial score (nSPS) is 11.7. The molecule has 5 nitrogen and oxygen atoms in total. The number of hydrogen-bond donors (Lipinski definition) is 1. The molecule has 0 aliphatic heterocycles. The average Bonchev–Trinajstić information content (AvgIpc) is 2.18. The molecule has 0 radical (unpaired) electrons. The molecule has 14 heavy (non-hydrogen) atoms. The van der Waals surface area contributed by atoms with E-state index in [2.05, 4.69) is 9.97 Å². The summed E-state index contributed by atoms with van der Waals surface area (Å²) in [6.07, 6.45) is 1.43. The topological polar surface area (TPSA) is 86.9 Å². The Morgan fingerprint density at radius 2 is 2.50 bits per heavy atom. The van der Waals surface area contributed by atoms with Gasteiger partial charge in [-0.2, -0.15) is 5.26 Å². The number of nitriles is 1. The van der Waals surface area contributed by atoms with Crippen molar-refractivity contribution in [3.63, 3.8) is 0 Å². The molecule has 1 heterocycles. The second-order valence-electron chi connectivity index (χ2n) is 2.43. The predicted octanol–water partition coefficient (Wildman–Crippen LogP) is 0.913. The molecule has 0 bridgehead atoms. The number of carboxylic acid groups (broad SMARTS) is 1. The van der Waals surface area contributed by atoms with Crippen molar-refractivity contribution in [1.82, 2.24) is 9.97 Å². The lowest BCUT2D eigenvalue weighted by atomic mass is 10.5. The van der Waals surface area contributed by atoms with Crippen molar-refractivity contribution >= 4 is 17.7 Å². The Hall–Kier alpha value is -1.61. The Balaban J connectivity index is 2.78. The number of nitrogens with zero attached hydrogens (tertiary/aromatic N) is 3. The van der Waals surface area contributed by atoms with Crippen LogP contribution in [0.4, 0.5) is 0 Å². The third-order valence-electron chi connectivity index (χ3n) is 1.38. The summed E-state index contributed by atoms with van der Waals surface area (Å²) < 4.78 is 0. The van der Waals surface area contributed by atoms with Gasteiger partial charge in [0.05, 0.1) is 0 Å². The second-order valence-corrected chi connectivity index (χ2v) is 3.74. The van der Waals surface area contributed by atoms with E-state index in [-0.39, 0.29) is 5.69 Å². The van der Waals surface area contributed by atoms with Crippen molar-refractivity contribution in [2.24, 2.45) is 0 Å². The minimum Gasteiger partial charge on any atom is -0.480 e. The second kappa shape index (κ2) is 4.58. The zero-order valence-electron chi connectivity index (χ0n) is 7.34. The first-order valence-corrected chi connectivity index (χ1v) is 4.64. The highest BCUT2D eigenvalue weighted by molar-refractivity contribution is 8.00. The molecular weight excluding hydrogens is 202 g/mol. The fraction of sp³-hybridized carbons (Fsp3) is 0.250. The van der Waals surface area contributed by atoms with Gasteiger partial charge in [-0.1, -0.05) is 11.8 Å². The van der Waals surface area contributed by atoms with Crippen LogP contribution in [0.25, 0.3) is 0 Å². The third kappa shape index (κ3) is 2.71. The van der Waals surface area contributed by atoms with Crippen LogP contribution < -0.4 is 0 Å². The summed E-state index contributed by atoms with van der Waals surface area (Å²) in [5.74, 6) is -0.930. The molecule has 0 amide bonds. The number of thioether (sulfide) groups is 1. The van der Waals surface area contributed by atoms with E-state index in [1.807, 2.05) is 6.07 Å². The van der Waals surface area contributed by atoms with Crippen LogP contribution in [0.15, 0.2) is 17.4 Å². The van der Waals surface area contributed by atoms with Gasteiger partial charge in [0.1, 0.15) is 17.0 Å². The Morgan fingerprint density at radius 1 is 1.79 bits per heavy atom. The first-order valence-electron chi connectivity index (χ1n) is 3.76. The number of hydrogen-bond acceptors (Lipinski definition) is 5. The van der Waals surface area contributed by atoms with Gasteiger partial charge >= 0.3 is 5.97 Å².